The van der Waals surface area contributed by atoms with Gasteiger partial charge in [0.25, 0.3) is 0 Å². The maximum Gasteiger partial charge on any atom is 0.243 e. The summed E-state index contributed by atoms with van der Waals surface area (Å²) in [7, 11) is -3.57. The minimum atomic E-state index is -3.57. The Balaban J connectivity index is 1.93. The molecule has 0 aliphatic heterocycles. The number of sulfonamides is 1. The first-order chi connectivity index (χ1) is 12.3. The summed E-state index contributed by atoms with van der Waals surface area (Å²) in [5.74, 6) is 0.398. The highest BCUT2D eigenvalue weighted by Gasteiger charge is 2.28. The summed E-state index contributed by atoms with van der Waals surface area (Å²) < 4.78 is 25.5. The van der Waals surface area contributed by atoms with Gasteiger partial charge in [-0.2, -0.15) is 0 Å². The van der Waals surface area contributed by atoms with Crippen molar-refractivity contribution < 1.29 is 13.2 Å². The fraction of sp³-hybridized carbons (Fsp3) is 0.316. The standard InChI is InChI=1S/C19H24N2O3S2/c1-15-9-11-18(12-10-15)25-14-13-20-19(22)16(2)21(26(3,23)24)17-7-5-4-6-8-17/h4-12,16H,13-14H2,1-3H3,(H,20,22)/t16-/m1/s1. The van der Waals surface area contributed by atoms with Crippen LogP contribution in [0.3, 0.4) is 0 Å². The first-order valence-corrected chi connectivity index (χ1v) is 11.1. The van der Waals surface area contributed by atoms with Crippen LogP contribution in [0.15, 0.2) is 59.5 Å². The van der Waals surface area contributed by atoms with E-state index in [-0.39, 0.29) is 5.91 Å². The quantitative estimate of drug-likeness (QED) is 0.554. The molecule has 0 spiro atoms. The molecule has 5 nitrogen and oxygen atoms in total. The molecule has 0 aliphatic rings. The fourth-order valence-electron chi connectivity index (χ4n) is 2.51. The molecule has 0 aliphatic carbocycles. The van der Waals surface area contributed by atoms with Crippen LogP contribution in [0.2, 0.25) is 0 Å². The summed E-state index contributed by atoms with van der Waals surface area (Å²) in [6.07, 6.45) is 1.11. The molecule has 140 valence electrons. The highest BCUT2D eigenvalue weighted by molar-refractivity contribution is 7.99. The molecule has 1 atom stereocenters. The molecular weight excluding hydrogens is 368 g/mol. The lowest BCUT2D eigenvalue weighted by atomic mass is 10.2. The van der Waals surface area contributed by atoms with E-state index in [4.69, 9.17) is 0 Å². The van der Waals surface area contributed by atoms with E-state index in [1.54, 1.807) is 49.0 Å². The molecule has 1 N–H and O–H groups in total. The molecule has 2 rings (SSSR count). The fourth-order valence-corrected chi connectivity index (χ4v) is 4.45. The number of hydrogen-bond donors (Lipinski definition) is 1. The van der Waals surface area contributed by atoms with E-state index >= 15 is 0 Å². The Labute approximate surface area is 159 Å². The van der Waals surface area contributed by atoms with Crippen molar-refractivity contribution in [3.05, 3.63) is 60.2 Å². The van der Waals surface area contributed by atoms with Crippen LogP contribution in [-0.2, 0) is 14.8 Å². The van der Waals surface area contributed by atoms with Gasteiger partial charge in [-0.05, 0) is 38.1 Å². The second-order valence-corrected chi connectivity index (χ2v) is 9.05. The molecule has 0 radical (unpaired) electrons. The molecule has 0 unspecified atom stereocenters. The van der Waals surface area contributed by atoms with Gasteiger partial charge in [0.1, 0.15) is 6.04 Å². The number of para-hydroxylation sites is 1. The average molecular weight is 393 g/mol. The van der Waals surface area contributed by atoms with Gasteiger partial charge in [-0.15, -0.1) is 11.8 Å². The highest BCUT2D eigenvalue weighted by atomic mass is 32.2. The van der Waals surface area contributed by atoms with Gasteiger partial charge in [0.15, 0.2) is 0 Å². The van der Waals surface area contributed by atoms with Crippen LogP contribution in [-0.4, -0.2) is 38.9 Å². The zero-order chi connectivity index (χ0) is 19.2. The summed E-state index contributed by atoms with van der Waals surface area (Å²) in [4.78, 5) is 13.6. The van der Waals surface area contributed by atoms with E-state index in [9.17, 15) is 13.2 Å². The van der Waals surface area contributed by atoms with E-state index in [0.717, 1.165) is 15.5 Å². The predicted molar refractivity (Wildman–Crippen MR) is 108 cm³/mol. The minimum Gasteiger partial charge on any atom is -0.353 e. The number of amides is 1. The lowest BCUT2D eigenvalue weighted by molar-refractivity contribution is -0.121. The van der Waals surface area contributed by atoms with Crippen LogP contribution in [0, 0.1) is 6.92 Å². The predicted octanol–water partition coefficient (Wildman–Crippen LogP) is 3.06. The number of hydrogen-bond acceptors (Lipinski definition) is 4. The normalized spacial score (nSPS) is 12.4. The van der Waals surface area contributed by atoms with Crippen molar-refractivity contribution in [2.24, 2.45) is 0 Å². The summed E-state index contributed by atoms with van der Waals surface area (Å²) in [5, 5.41) is 2.82. The van der Waals surface area contributed by atoms with Gasteiger partial charge >= 0.3 is 0 Å². The number of rotatable bonds is 8. The highest BCUT2D eigenvalue weighted by Crippen LogP contribution is 2.20. The van der Waals surface area contributed by atoms with Crippen molar-refractivity contribution in [1.29, 1.82) is 0 Å². The van der Waals surface area contributed by atoms with Gasteiger partial charge in [-0.3, -0.25) is 9.10 Å². The molecule has 0 saturated heterocycles. The van der Waals surface area contributed by atoms with Gasteiger partial charge in [0, 0.05) is 17.2 Å². The van der Waals surface area contributed by atoms with Crippen LogP contribution in [0.1, 0.15) is 12.5 Å². The molecule has 2 aromatic carbocycles. The van der Waals surface area contributed by atoms with Crippen LogP contribution in [0.25, 0.3) is 0 Å². The topological polar surface area (TPSA) is 66.5 Å². The monoisotopic (exact) mass is 392 g/mol. The number of nitrogens with zero attached hydrogens (tertiary/aromatic N) is 1. The van der Waals surface area contributed by atoms with Crippen LogP contribution in [0.5, 0.6) is 0 Å². The van der Waals surface area contributed by atoms with E-state index in [1.165, 1.54) is 5.56 Å². The minimum absolute atomic E-state index is 0.316. The lowest BCUT2D eigenvalue weighted by Gasteiger charge is -2.28. The number of anilines is 1. The van der Waals surface area contributed by atoms with Crippen molar-refractivity contribution in [2.45, 2.75) is 24.8 Å². The van der Waals surface area contributed by atoms with Crippen molar-refractivity contribution in [1.82, 2.24) is 5.32 Å². The van der Waals surface area contributed by atoms with E-state index in [1.807, 2.05) is 31.2 Å². The maximum atomic E-state index is 12.4. The van der Waals surface area contributed by atoms with E-state index in [2.05, 4.69) is 5.32 Å². The number of nitrogens with one attached hydrogen (secondary N) is 1. The Hall–Kier alpha value is -1.99. The number of benzene rings is 2. The van der Waals surface area contributed by atoms with Crippen molar-refractivity contribution in [3.8, 4) is 0 Å². The van der Waals surface area contributed by atoms with Gasteiger partial charge in [0.2, 0.25) is 15.9 Å². The van der Waals surface area contributed by atoms with E-state index in [0.29, 0.717) is 18.0 Å². The second kappa shape index (κ2) is 9.09. The summed E-state index contributed by atoms with van der Waals surface area (Å²) in [5.41, 5.74) is 1.69. The smallest absolute Gasteiger partial charge is 0.243 e. The molecular formula is C19H24N2O3S2. The molecule has 0 saturated carbocycles. The maximum absolute atomic E-state index is 12.4. The number of aryl methyl sites for hydroxylation is 1. The Bertz CT molecular complexity index is 822. The first-order valence-electron chi connectivity index (χ1n) is 8.30. The largest absolute Gasteiger partial charge is 0.353 e. The second-order valence-electron chi connectivity index (χ2n) is 6.02. The van der Waals surface area contributed by atoms with Crippen LogP contribution >= 0.6 is 11.8 Å². The average Bonchev–Trinajstić information content (AvgIpc) is 2.60. The molecule has 26 heavy (non-hydrogen) atoms. The number of carbonyl (C=O) groups excluding carboxylic acids is 1. The van der Waals surface area contributed by atoms with Gasteiger partial charge in [0.05, 0.1) is 11.9 Å². The third-order valence-electron chi connectivity index (χ3n) is 3.79. The van der Waals surface area contributed by atoms with Crippen LogP contribution in [0.4, 0.5) is 5.69 Å². The van der Waals surface area contributed by atoms with Gasteiger partial charge in [-0.25, -0.2) is 8.42 Å². The molecule has 0 heterocycles. The molecule has 0 fully saturated rings. The van der Waals surface area contributed by atoms with Gasteiger partial charge in [-0.1, -0.05) is 35.9 Å². The first kappa shape index (κ1) is 20.3. The van der Waals surface area contributed by atoms with Crippen molar-refractivity contribution in [2.75, 3.05) is 22.9 Å². The molecule has 2 aromatic rings. The molecule has 1 amide bonds. The summed E-state index contributed by atoms with van der Waals surface area (Å²) in [6, 6.07) is 16.0. The SMILES string of the molecule is Cc1ccc(SCCNC(=O)[C@@H](C)N(c2ccccc2)S(C)(=O)=O)cc1. The summed E-state index contributed by atoms with van der Waals surface area (Å²) >= 11 is 1.65. The van der Waals surface area contributed by atoms with Gasteiger partial charge < -0.3 is 5.32 Å². The Morgan fingerprint density at radius 1 is 1.12 bits per heavy atom. The number of thioether (sulfide) groups is 1. The summed E-state index contributed by atoms with van der Waals surface area (Å²) in [6.45, 7) is 4.10. The molecule has 7 heteroatoms. The van der Waals surface area contributed by atoms with Crippen molar-refractivity contribution in [3.63, 3.8) is 0 Å². The lowest BCUT2D eigenvalue weighted by Crippen LogP contribution is -2.48. The Morgan fingerprint density at radius 2 is 1.73 bits per heavy atom. The third-order valence-corrected chi connectivity index (χ3v) is 6.05. The Morgan fingerprint density at radius 3 is 2.31 bits per heavy atom. The number of carbonyl (C=O) groups is 1. The Kier molecular flexibility index (Phi) is 7.11. The third kappa shape index (κ3) is 5.78. The zero-order valence-corrected chi connectivity index (χ0v) is 16.8. The van der Waals surface area contributed by atoms with E-state index < -0.39 is 16.1 Å². The van der Waals surface area contributed by atoms with Crippen molar-refractivity contribution >= 4 is 33.4 Å². The molecule has 0 bridgehead atoms. The zero-order valence-electron chi connectivity index (χ0n) is 15.2. The van der Waals surface area contributed by atoms with Crippen LogP contribution < -0.4 is 9.62 Å². The molecule has 0 aromatic heterocycles.